The number of hydrogen-bond acceptors (Lipinski definition) is 8. The molecule has 2 aromatic heterocycles. The predicted molar refractivity (Wildman–Crippen MR) is 147 cm³/mol. The summed E-state index contributed by atoms with van der Waals surface area (Å²) in [4.78, 5) is 14.9. The van der Waals surface area contributed by atoms with E-state index in [9.17, 15) is 16.8 Å². The van der Waals surface area contributed by atoms with E-state index in [1.54, 1.807) is 84.9 Å². The van der Waals surface area contributed by atoms with Gasteiger partial charge in [-0.3, -0.25) is 8.37 Å². The molecule has 0 aliphatic heterocycles. The number of aromatic amines is 2. The smallest absolute Gasteiger partial charge is 0.297 e. The molecular formula is C28H22N4O6S2. The van der Waals surface area contributed by atoms with E-state index in [0.29, 0.717) is 22.1 Å². The maximum Gasteiger partial charge on any atom is 0.297 e. The van der Waals surface area contributed by atoms with Crippen molar-refractivity contribution in [2.75, 3.05) is 0 Å². The second-order valence-electron chi connectivity index (χ2n) is 8.85. The maximum atomic E-state index is 13.5. The molecule has 202 valence electrons. The molecule has 6 aromatic rings. The summed E-state index contributed by atoms with van der Waals surface area (Å²) in [5.41, 5.74) is 2.24. The zero-order valence-electron chi connectivity index (χ0n) is 20.7. The van der Waals surface area contributed by atoms with Crippen LogP contribution >= 0.6 is 0 Å². The zero-order valence-corrected chi connectivity index (χ0v) is 22.3. The number of imidazole rings is 2. The van der Waals surface area contributed by atoms with Crippen LogP contribution in [0.15, 0.2) is 119 Å². The van der Waals surface area contributed by atoms with Gasteiger partial charge in [-0.1, -0.05) is 60.7 Å². The Morgan fingerprint density at radius 1 is 0.500 bits per heavy atom. The Morgan fingerprint density at radius 2 is 0.850 bits per heavy atom. The van der Waals surface area contributed by atoms with Crippen molar-refractivity contribution in [3.8, 4) is 0 Å². The van der Waals surface area contributed by atoms with Gasteiger partial charge in [-0.25, -0.2) is 9.97 Å². The van der Waals surface area contributed by atoms with E-state index in [4.69, 9.17) is 8.37 Å². The Labute approximate surface area is 229 Å². The van der Waals surface area contributed by atoms with E-state index >= 15 is 0 Å². The highest BCUT2D eigenvalue weighted by molar-refractivity contribution is 7.87. The predicted octanol–water partition coefficient (Wildman–Crippen LogP) is 5.03. The number of H-pyrrole nitrogens is 2. The lowest BCUT2D eigenvalue weighted by Gasteiger charge is -2.24. The Morgan fingerprint density at radius 3 is 1.23 bits per heavy atom. The van der Waals surface area contributed by atoms with Crippen LogP contribution in [-0.2, 0) is 28.6 Å². The van der Waals surface area contributed by atoms with Crippen LogP contribution in [0.4, 0.5) is 0 Å². The van der Waals surface area contributed by atoms with Crippen molar-refractivity contribution in [1.82, 2.24) is 19.9 Å². The van der Waals surface area contributed by atoms with Gasteiger partial charge < -0.3 is 9.97 Å². The molecule has 0 amide bonds. The first kappa shape index (κ1) is 25.9. The molecule has 0 fully saturated rings. The summed E-state index contributed by atoms with van der Waals surface area (Å²) < 4.78 is 65.4. The molecule has 4 aromatic carbocycles. The fourth-order valence-corrected chi connectivity index (χ4v) is 6.38. The lowest BCUT2D eigenvalue weighted by molar-refractivity contribution is 0.0515. The quantitative estimate of drug-likeness (QED) is 0.229. The van der Waals surface area contributed by atoms with E-state index in [0.717, 1.165) is 0 Å². The largest absolute Gasteiger partial charge is 0.340 e. The summed E-state index contributed by atoms with van der Waals surface area (Å²) in [6.07, 6.45) is -3.17. The zero-order chi connectivity index (χ0) is 27.7. The molecule has 0 unspecified atom stereocenters. The molecule has 12 heteroatoms. The standard InChI is InChI=1S/C28H22N4O6S2/c33-39(34,19-11-3-1-4-12-19)37-25(27-29-21-15-7-8-16-22(21)30-27)26(28-31-23-17-9-10-18-24(23)32-28)38-40(35,36)20-13-5-2-6-14-20/h1-18,25-26H,(H,29,30)(H,31,32)/t25-,26-/m0/s1. The highest BCUT2D eigenvalue weighted by atomic mass is 32.2. The average molecular weight is 575 g/mol. The molecule has 2 heterocycles. The van der Waals surface area contributed by atoms with Gasteiger partial charge in [-0.05, 0) is 48.5 Å². The highest BCUT2D eigenvalue weighted by Crippen LogP contribution is 2.39. The van der Waals surface area contributed by atoms with Gasteiger partial charge >= 0.3 is 0 Å². The van der Waals surface area contributed by atoms with Crippen molar-refractivity contribution in [2.24, 2.45) is 0 Å². The minimum Gasteiger partial charge on any atom is -0.340 e. The third-order valence-corrected chi connectivity index (χ3v) is 8.77. The summed E-state index contributed by atoms with van der Waals surface area (Å²) in [6.45, 7) is 0. The minimum absolute atomic E-state index is 0.0365. The van der Waals surface area contributed by atoms with Crippen LogP contribution in [0.5, 0.6) is 0 Å². The Balaban J connectivity index is 1.54. The van der Waals surface area contributed by atoms with E-state index in [1.165, 1.54) is 24.3 Å². The summed E-state index contributed by atoms with van der Waals surface area (Å²) in [5.74, 6) is 0.0730. The lowest BCUT2D eigenvalue weighted by Crippen LogP contribution is -2.25. The molecule has 0 saturated heterocycles. The Bertz CT molecular complexity index is 1790. The van der Waals surface area contributed by atoms with Gasteiger partial charge in [0.1, 0.15) is 11.6 Å². The molecule has 2 N–H and O–H groups in total. The van der Waals surface area contributed by atoms with Gasteiger partial charge in [0.15, 0.2) is 12.2 Å². The second kappa shape index (κ2) is 10.3. The number of rotatable bonds is 9. The van der Waals surface area contributed by atoms with Gasteiger partial charge in [-0.15, -0.1) is 0 Å². The first-order chi connectivity index (χ1) is 19.3. The Kier molecular flexibility index (Phi) is 6.68. The molecule has 2 atom stereocenters. The van der Waals surface area contributed by atoms with Gasteiger partial charge in [-0.2, -0.15) is 16.8 Å². The first-order valence-corrected chi connectivity index (χ1v) is 15.0. The molecule has 6 rings (SSSR count). The topological polar surface area (TPSA) is 144 Å². The van der Waals surface area contributed by atoms with Crippen LogP contribution < -0.4 is 0 Å². The molecular weight excluding hydrogens is 552 g/mol. The van der Waals surface area contributed by atoms with Crippen LogP contribution in [0, 0.1) is 0 Å². The molecule has 0 radical (unpaired) electrons. The van der Waals surface area contributed by atoms with Gasteiger partial charge in [0.05, 0.1) is 31.9 Å². The molecule has 0 aliphatic carbocycles. The number of aromatic nitrogens is 4. The number of fused-ring (bicyclic) bond motifs is 2. The highest BCUT2D eigenvalue weighted by Gasteiger charge is 2.40. The summed E-state index contributed by atoms with van der Waals surface area (Å²) in [6, 6.07) is 29.2. The van der Waals surface area contributed by atoms with Crippen LogP contribution in [0.25, 0.3) is 22.1 Å². The van der Waals surface area contributed by atoms with Crippen LogP contribution in [0.2, 0.25) is 0 Å². The van der Waals surface area contributed by atoms with Crippen molar-refractivity contribution >= 4 is 42.3 Å². The molecule has 0 saturated carbocycles. The van der Waals surface area contributed by atoms with Crippen molar-refractivity contribution in [1.29, 1.82) is 0 Å². The third-order valence-electron chi connectivity index (χ3n) is 6.15. The molecule has 10 nitrogen and oxygen atoms in total. The van der Waals surface area contributed by atoms with Crippen LogP contribution in [0.1, 0.15) is 23.9 Å². The second-order valence-corrected chi connectivity index (χ2v) is 12.0. The van der Waals surface area contributed by atoms with Crippen LogP contribution in [-0.4, -0.2) is 36.8 Å². The number of benzene rings is 4. The van der Waals surface area contributed by atoms with Gasteiger partial charge in [0.25, 0.3) is 20.2 Å². The first-order valence-electron chi connectivity index (χ1n) is 12.2. The van der Waals surface area contributed by atoms with Crippen molar-refractivity contribution in [2.45, 2.75) is 22.0 Å². The van der Waals surface area contributed by atoms with E-state index in [2.05, 4.69) is 19.9 Å². The number of nitrogens with zero attached hydrogens (tertiary/aromatic N) is 2. The van der Waals surface area contributed by atoms with Gasteiger partial charge in [0, 0.05) is 0 Å². The monoisotopic (exact) mass is 574 g/mol. The van der Waals surface area contributed by atoms with Crippen molar-refractivity contribution in [3.05, 3.63) is 121 Å². The summed E-state index contributed by atoms with van der Waals surface area (Å²) in [5, 5.41) is 0. The van der Waals surface area contributed by atoms with Crippen molar-refractivity contribution < 1.29 is 25.2 Å². The fourth-order valence-electron chi connectivity index (χ4n) is 4.25. The fraction of sp³-hybridized carbons (Fsp3) is 0.0714. The molecule has 0 spiro atoms. The van der Waals surface area contributed by atoms with Crippen LogP contribution in [0.3, 0.4) is 0 Å². The normalized spacial score (nSPS) is 13.9. The molecule has 0 bridgehead atoms. The molecule has 0 aliphatic rings. The van der Waals surface area contributed by atoms with E-state index in [1.807, 2.05) is 0 Å². The van der Waals surface area contributed by atoms with Gasteiger partial charge in [0.2, 0.25) is 0 Å². The van der Waals surface area contributed by atoms with E-state index < -0.39 is 32.4 Å². The van der Waals surface area contributed by atoms with Crippen molar-refractivity contribution in [3.63, 3.8) is 0 Å². The average Bonchev–Trinajstić information content (AvgIpc) is 3.60. The number of hydrogen-bond donors (Lipinski definition) is 2. The summed E-state index contributed by atoms with van der Waals surface area (Å²) in [7, 11) is -8.85. The summed E-state index contributed by atoms with van der Waals surface area (Å²) >= 11 is 0. The number of para-hydroxylation sites is 4. The third kappa shape index (κ3) is 5.12. The number of nitrogens with one attached hydrogen (secondary N) is 2. The SMILES string of the molecule is O=S(=O)(O[C@H](c1nc2ccccc2[nH]1)[C@H](OS(=O)(=O)c1ccccc1)c1nc2ccccc2[nH]1)c1ccccc1. The lowest BCUT2D eigenvalue weighted by atomic mass is 10.2. The minimum atomic E-state index is -4.42. The van der Waals surface area contributed by atoms with E-state index in [-0.39, 0.29) is 21.4 Å². The Hall–Kier alpha value is -4.36. The molecule has 40 heavy (non-hydrogen) atoms. The maximum absolute atomic E-state index is 13.5.